The molecule has 1 fully saturated rings. The van der Waals surface area contributed by atoms with Gasteiger partial charge < -0.3 is 10.5 Å². The van der Waals surface area contributed by atoms with Crippen molar-refractivity contribution >= 4 is 22.2 Å². The van der Waals surface area contributed by atoms with Crippen LogP contribution in [-0.2, 0) is 14.6 Å². The topological polar surface area (TPSA) is 69.4 Å². The Balaban J connectivity index is 0.000001000. The number of rotatable bonds is 1. The maximum Gasteiger partial charge on any atom is 0.155 e. The van der Waals surface area contributed by atoms with Crippen molar-refractivity contribution < 1.29 is 13.2 Å². The average Bonchev–Trinajstić information content (AvgIpc) is 1.86. The zero-order chi connectivity index (χ0) is 7.61. The molecular formula is C5H12ClNO3S. The van der Waals surface area contributed by atoms with Crippen molar-refractivity contribution in [3.63, 3.8) is 0 Å². The van der Waals surface area contributed by atoms with Gasteiger partial charge in [0.2, 0.25) is 0 Å². The van der Waals surface area contributed by atoms with Crippen molar-refractivity contribution in [2.75, 3.05) is 24.7 Å². The van der Waals surface area contributed by atoms with E-state index in [0.717, 1.165) is 0 Å². The summed E-state index contributed by atoms with van der Waals surface area (Å²) in [4.78, 5) is 0. The summed E-state index contributed by atoms with van der Waals surface area (Å²) in [6.45, 7) is 0.587. The molecule has 4 nitrogen and oxygen atoms in total. The highest BCUT2D eigenvalue weighted by atomic mass is 35.5. The Morgan fingerprint density at radius 2 is 2.18 bits per heavy atom. The van der Waals surface area contributed by atoms with Crippen LogP contribution in [0.4, 0.5) is 0 Å². The highest BCUT2D eigenvalue weighted by Crippen LogP contribution is 2.04. The SMILES string of the molecule is Cl.NCC1CS(=O)(=O)CCO1. The van der Waals surface area contributed by atoms with Crippen LogP contribution in [0.3, 0.4) is 0 Å². The zero-order valence-corrected chi connectivity index (χ0v) is 7.66. The molecule has 0 bridgehead atoms. The summed E-state index contributed by atoms with van der Waals surface area (Å²) in [7, 11) is -2.85. The highest BCUT2D eigenvalue weighted by molar-refractivity contribution is 7.91. The molecule has 68 valence electrons. The van der Waals surface area contributed by atoms with Crippen LogP contribution in [-0.4, -0.2) is 39.2 Å². The zero-order valence-electron chi connectivity index (χ0n) is 6.02. The van der Waals surface area contributed by atoms with Crippen LogP contribution in [0.25, 0.3) is 0 Å². The Bertz CT molecular complexity index is 204. The standard InChI is InChI=1S/C5H11NO3S.ClH/c6-3-5-4-10(7,8)2-1-9-5;/h5H,1-4,6H2;1H. The molecular weight excluding hydrogens is 190 g/mol. The Hall–Kier alpha value is 0.160. The Labute approximate surface area is 72.4 Å². The molecule has 1 aliphatic rings. The van der Waals surface area contributed by atoms with Gasteiger partial charge in [-0.3, -0.25) is 0 Å². The first-order chi connectivity index (χ1) is 4.64. The molecule has 0 aromatic carbocycles. The molecule has 1 rings (SSSR count). The molecule has 0 amide bonds. The van der Waals surface area contributed by atoms with Gasteiger partial charge >= 0.3 is 0 Å². The number of ether oxygens (including phenoxy) is 1. The Kier molecular flexibility index (Phi) is 4.31. The van der Waals surface area contributed by atoms with Crippen LogP contribution in [0, 0.1) is 0 Å². The first kappa shape index (κ1) is 11.2. The summed E-state index contributed by atoms with van der Waals surface area (Å²) in [5.74, 6) is 0.229. The second-order valence-electron chi connectivity index (χ2n) is 2.34. The minimum atomic E-state index is -2.85. The van der Waals surface area contributed by atoms with Crippen molar-refractivity contribution in [1.82, 2.24) is 0 Å². The van der Waals surface area contributed by atoms with E-state index in [1.165, 1.54) is 0 Å². The predicted octanol–water partition coefficient (Wildman–Crippen LogP) is -0.819. The molecule has 1 unspecified atom stereocenters. The molecule has 1 saturated heterocycles. The van der Waals surface area contributed by atoms with E-state index in [9.17, 15) is 8.42 Å². The van der Waals surface area contributed by atoms with Gasteiger partial charge in [-0.2, -0.15) is 0 Å². The number of hydrogen-bond acceptors (Lipinski definition) is 4. The van der Waals surface area contributed by atoms with Gasteiger partial charge in [0.1, 0.15) is 0 Å². The van der Waals surface area contributed by atoms with Crippen LogP contribution >= 0.6 is 12.4 Å². The van der Waals surface area contributed by atoms with E-state index in [-0.39, 0.29) is 30.0 Å². The van der Waals surface area contributed by atoms with E-state index < -0.39 is 9.84 Å². The summed E-state index contributed by atoms with van der Waals surface area (Å²) >= 11 is 0. The van der Waals surface area contributed by atoms with Crippen molar-refractivity contribution in [2.45, 2.75) is 6.10 Å². The monoisotopic (exact) mass is 201 g/mol. The fraction of sp³-hybridized carbons (Fsp3) is 1.00. The number of nitrogens with two attached hydrogens (primary N) is 1. The van der Waals surface area contributed by atoms with E-state index in [4.69, 9.17) is 10.5 Å². The molecule has 0 aliphatic carbocycles. The third-order valence-electron chi connectivity index (χ3n) is 1.45. The highest BCUT2D eigenvalue weighted by Gasteiger charge is 2.23. The number of halogens is 1. The van der Waals surface area contributed by atoms with Crippen molar-refractivity contribution in [1.29, 1.82) is 0 Å². The molecule has 1 atom stereocenters. The van der Waals surface area contributed by atoms with E-state index in [1.807, 2.05) is 0 Å². The van der Waals surface area contributed by atoms with Crippen LogP contribution in [0.15, 0.2) is 0 Å². The van der Waals surface area contributed by atoms with Gasteiger partial charge in [-0.1, -0.05) is 0 Å². The normalized spacial score (nSPS) is 29.0. The first-order valence-corrected chi connectivity index (χ1v) is 4.98. The lowest BCUT2D eigenvalue weighted by atomic mass is 10.4. The van der Waals surface area contributed by atoms with Crippen molar-refractivity contribution in [3.8, 4) is 0 Å². The Morgan fingerprint density at radius 3 is 2.55 bits per heavy atom. The molecule has 2 N–H and O–H groups in total. The van der Waals surface area contributed by atoms with Crippen LogP contribution < -0.4 is 5.73 Å². The lowest BCUT2D eigenvalue weighted by molar-refractivity contribution is 0.0780. The summed E-state index contributed by atoms with van der Waals surface area (Å²) in [5.41, 5.74) is 5.23. The molecule has 0 saturated carbocycles. The first-order valence-electron chi connectivity index (χ1n) is 3.16. The second-order valence-corrected chi connectivity index (χ2v) is 4.57. The largest absolute Gasteiger partial charge is 0.375 e. The maximum atomic E-state index is 10.9. The minimum absolute atomic E-state index is 0. The van der Waals surface area contributed by atoms with Crippen molar-refractivity contribution in [2.24, 2.45) is 5.73 Å². The second kappa shape index (κ2) is 4.25. The van der Waals surface area contributed by atoms with Gasteiger partial charge in [0.05, 0.1) is 24.2 Å². The molecule has 1 heterocycles. The molecule has 0 aromatic rings. The number of sulfone groups is 1. The molecule has 6 heteroatoms. The van der Waals surface area contributed by atoms with E-state index >= 15 is 0 Å². The van der Waals surface area contributed by atoms with Crippen LogP contribution in [0.2, 0.25) is 0 Å². The Morgan fingerprint density at radius 1 is 1.55 bits per heavy atom. The van der Waals surface area contributed by atoms with Gasteiger partial charge in [-0.05, 0) is 0 Å². The quantitative estimate of drug-likeness (QED) is 0.602. The molecule has 0 spiro atoms. The van der Waals surface area contributed by atoms with E-state index in [0.29, 0.717) is 13.2 Å². The third-order valence-corrected chi connectivity index (χ3v) is 3.12. The van der Waals surface area contributed by atoms with E-state index in [1.54, 1.807) is 0 Å². The fourth-order valence-corrected chi connectivity index (χ4v) is 2.21. The molecule has 1 aliphatic heterocycles. The van der Waals surface area contributed by atoms with Gasteiger partial charge in [-0.15, -0.1) is 12.4 Å². The van der Waals surface area contributed by atoms with Crippen molar-refractivity contribution in [3.05, 3.63) is 0 Å². The van der Waals surface area contributed by atoms with Gasteiger partial charge in [0.25, 0.3) is 0 Å². The summed E-state index contributed by atoms with van der Waals surface area (Å²) in [5, 5.41) is 0. The van der Waals surface area contributed by atoms with Gasteiger partial charge in [0.15, 0.2) is 9.84 Å². The smallest absolute Gasteiger partial charge is 0.155 e. The molecule has 0 aromatic heterocycles. The lowest BCUT2D eigenvalue weighted by Gasteiger charge is -2.20. The fourth-order valence-electron chi connectivity index (χ4n) is 0.893. The summed E-state index contributed by atoms with van der Waals surface area (Å²) in [6.07, 6.45) is -0.279. The number of hydrogen-bond donors (Lipinski definition) is 1. The van der Waals surface area contributed by atoms with Gasteiger partial charge in [0, 0.05) is 6.54 Å². The summed E-state index contributed by atoms with van der Waals surface area (Å²) in [6, 6.07) is 0. The van der Waals surface area contributed by atoms with Crippen LogP contribution in [0.5, 0.6) is 0 Å². The van der Waals surface area contributed by atoms with Gasteiger partial charge in [-0.25, -0.2) is 8.42 Å². The minimum Gasteiger partial charge on any atom is -0.375 e. The molecule has 0 radical (unpaired) electrons. The summed E-state index contributed by atoms with van der Waals surface area (Å²) < 4.78 is 26.8. The lowest BCUT2D eigenvalue weighted by Crippen LogP contribution is -2.38. The van der Waals surface area contributed by atoms with E-state index in [2.05, 4.69) is 0 Å². The maximum absolute atomic E-state index is 10.9. The average molecular weight is 202 g/mol. The third kappa shape index (κ3) is 3.37. The predicted molar refractivity (Wildman–Crippen MR) is 44.7 cm³/mol. The molecule has 11 heavy (non-hydrogen) atoms. The van der Waals surface area contributed by atoms with Crippen LogP contribution in [0.1, 0.15) is 0 Å².